The summed E-state index contributed by atoms with van der Waals surface area (Å²) in [6.45, 7) is 0.860. The SMILES string of the molecule is O=C1[C@H](CC[C@H](O)c2ccc(F)cc2)[C@@H](c2ccc(CCCC(O)(C(=O)O)C(=O)O)cc2)N1c1ccc(CCCCCCn2cncn2)cc1. The first kappa shape index (κ1) is 36.3. The standard InChI is InChI=1S/C38H43FN4O7/c39-30-16-14-28(15-17-30)33(44)21-20-32-34(29-12-8-27(9-13-29)7-5-22-38(50,36(46)47)37(48)49)43(35(32)45)31-18-10-26(11-19-31)6-3-1-2-4-23-42-25-40-24-41-42/h8-19,24-25,32-34,44,50H,1-7,20-23H2,(H,46,47)(H,48,49)/t32-,33+,34-/m1/s1. The second kappa shape index (κ2) is 16.6. The highest BCUT2D eigenvalue weighted by atomic mass is 19.1. The number of hydrogen-bond donors (Lipinski definition) is 4. The highest BCUT2D eigenvalue weighted by Crippen LogP contribution is 2.46. The van der Waals surface area contributed by atoms with E-state index in [1.54, 1.807) is 29.7 Å². The van der Waals surface area contributed by atoms with E-state index in [4.69, 9.17) is 10.2 Å². The first-order valence-corrected chi connectivity index (χ1v) is 17.0. The summed E-state index contributed by atoms with van der Waals surface area (Å²) in [4.78, 5) is 42.0. The lowest BCUT2D eigenvalue weighted by Crippen LogP contribution is -2.55. The average molecular weight is 687 g/mol. The van der Waals surface area contributed by atoms with Gasteiger partial charge in [0.15, 0.2) is 0 Å². The van der Waals surface area contributed by atoms with Crippen LogP contribution in [0.25, 0.3) is 0 Å². The highest BCUT2D eigenvalue weighted by molar-refractivity contribution is 6.03. The molecule has 1 fully saturated rings. The lowest BCUT2D eigenvalue weighted by Gasteiger charge is -2.48. The third-order valence-electron chi connectivity index (χ3n) is 9.54. The van der Waals surface area contributed by atoms with Crippen LogP contribution in [0.2, 0.25) is 0 Å². The molecule has 0 unspecified atom stereocenters. The van der Waals surface area contributed by atoms with Gasteiger partial charge >= 0.3 is 11.9 Å². The summed E-state index contributed by atoms with van der Waals surface area (Å²) in [5.74, 6) is -4.43. The van der Waals surface area contributed by atoms with Gasteiger partial charge in [0.25, 0.3) is 5.60 Å². The summed E-state index contributed by atoms with van der Waals surface area (Å²) in [5, 5.41) is 43.3. The van der Waals surface area contributed by atoms with Crippen molar-refractivity contribution in [3.63, 3.8) is 0 Å². The maximum atomic E-state index is 13.7. The number of rotatable bonds is 19. The van der Waals surface area contributed by atoms with E-state index >= 15 is 0 Å². The summed E-state index contributed by atoms with van der Waals surface area (Å²) < 4.78 is 15.3. The van der Waals surface area contributed by atoms with Crippen LogP contribution < -0.4 is 4.90 Å². The first-order valence-electron chi connectivity index (χ1n) is 17.0. The number of benzene rings is 3. The molecule has 1 amide bonds. The molecule has 1 aromatic heterocycles. The van der Waals surface area contributed by atoms with Gasteiger partial charge in [0.2, 0.25) is 5.91 Å². The molecule has 0 bridgehead atoms. The number of halogens is 1. The molecule has 4 aromatic rings. The van der Waals surface area contributed by atoms with Crippen LogP contribution in [0.15, 0.2) is 85.5 Å². The molecule has 264 valence electrons. The fourth-order valence-electron chi connectivity index (χ4n) is 6.55. The molecular formula is C38H43FN4O7. The van der Waals surface area contributed by atoms with Gasteiger partial charge in [-0.25, -0.2) is 19.0 Å². The minimum absolute atomic E-state index is 0.0489. The maximum absolute atomic E-state index is 13.7. The van der Waals surface area contributed by atoms with Crippen molar-refractivity contribution < 1.29 is 39.2 Å². The third-order valence-corrected chi connectivity index (χ3v) is 9.54. The molecule has 0 radical (unpaired) electrons. The molecule has 50 heavy (non-hydrogen) atoms. The zero-order chi connectivity index (χ0) is 35.7. The van der Waals surface area contributed by atoms with Gasteiger partial charge < -0.3 is 25.3 Å². The Hall–Kier alpha value is -4.94. The number of amides is 1. The minimum Gasteiger partial charge on any atom is -0.479 e. The molecule has 3 aromatic carbocycles. The van der Waals surface area contributed by atoms with E-state index in [9.17, 15) is 29.0 Å². The van der Waals surface area contributed by atoms with Gasteiger partial charge in [0.1, 0.15) is 18.5 Å². The van der Waals surface area contributed by atoms with Crippen LogP contribution in [0.4, 0.5) is 10.1 Å². The Labute approximate surface area is 290 Å². The number of aliphatic hydroxyl groups is 2. The molecule has 12 heteroatoms. The Morgan fingerprint density at radius 2 is 1.46 bits per heavy atom. The van der Waals surface area contributed by atoms with Crippen LogP contribution in [0.3, 0.4) is 0 Å². The highest BCUT2D eigenvalue weighted by Gasteiger charge is 2.48. The molecule has 0 spiro atoms. The summed E-state index contributed by atoms with van der Waals surface area (Å²) in [6, 6.07) is 21.0. The zero-order valence-corrected chi connectivity index (χ0v) is 27.8. The maximum Gasteiger partial charge on any atom is 0.347 e. The second-order valence-electron chi connectivity index (χ2n) is 13.0. The Bertz CT molecular complexity index is 1700. The van der Waals surface area contributed by atoms with Gasteiger partial charge in [-0.05, 0) is 97.9 Å². The Balaban J connectivity index is 1.23. The molecule has 3 atom stereocenters. The number of β-lactam (4-membered cyclic amide) rings is 1. The van der Waals surface area contributed by atoms with E-state index in [1.807, 2.05) is 41.1 Å². The third kappa shape index (κ3) is 8.80. The smallest absolute Gasteiger partial charge is 0.347 e. The molecule has 4 N–H and O–H groups in total. The summed E-state index contributed by atoms with van der Waals surface area (Å²) in [5.41, 5.74) is 1.42. The molecule has 1 aliphatic heterocycles. The summed E-state index contributed by atoms with van der Waals surface area (Å²) in [7, 11) is 0. The predicted molar refractivity (Wildman–Crippen MR) is 183 cm³/mol. The van der Waals surface area contributed by atoms with Gasteiger partial charge in [-0.15, -0.1) is 0 Å². The zero-order valence-electron chi connectivity index (χ0n) is 27.8. The fourth-order valence-corrected chi connectivity index (χ4v) is 6.55. The molecule has 2 heterocycles. The average Bonchev–Trinajstić information content (AvgIpc) is 3.63. The van der Waals surface area contributed by atoms with Crippen molar-refractivity contribution in [1.82, 2.24) is 14.8 Å². The van der Waals surface area contributed by atoms with E-state index in [0.29, 0.717) is 24.8 Å². The second-order valence-corrected chi connectivity index (χ2v) is 13.0. The molecule has 5 rings (SSSR count). The lowest BCUT2D eigenvalue weighted by molar-refractivity contribution is -0.176. The van der Waals surface area contributed by atoms with Gasteiger partial charge in [0, 0.05) is 12.2 Å². The van der Waals surface area contributed by atoms with Gasteiger partial charge in [-0.1, -0.05) is 61.4 Å². The van der Waals surface area contributed by atoms with E-state index in [0.717, 1.165) is 55.5 Å². The number of aliphatic carboxylic acids is 2. The van der Waals surface area contributed by atoms with Crippen LogP contribution in [-0.2, 0) is 33.8 Å². The number of carboxylic acids is 2. The Kier molecular flexibility index (Phi) is 12.1. The predicted octanol–water partition coefficient (Wildman–Crippen LogP) is 5.66. The van der Waals surface area contributed by atoms with Gasteiger partial charge in [0.05, 0.1) is 18.1 Å². The largest absolute Gasteiger partial charge is 0.479 e. The van der Waals surface area contributed by atoms with E-state index in [2.05, 4.69) is 22.2 Å². The number of nitrogens with zero attached hydrogens (tertiary/aromatic N) is 4. The minimum atomic E-state index is -2.84. The summed E-state index contributed by atoms with van der Waals surface area (Å²) >= 11 is 0. The van der Waals surface area contributed by atoms with Crippen molar-refractivity contribution in [3.8, 4) is 0 Å². The fraction of sp³-hybridized carbons (Fsp3) is 0.395. The number of aliphatic hydroxyl groups excluding tert-OH is 1. The molecular weight excluding hydrogens is 643 g/mol. The first-order chi connectivity index (χ1) is 24.1. The Morgan fingerprint density at radius 3 is 2.08 bits per heavy atom. The molecule has 1 saturated heterocycles. The van der Waals surface area contributed by atoms with Crippen molar-refractivity contribution in [2.45, 2.75) is 88.5 Å². The molecule has 0 aliphatic carbocycles. The van der Waals surface area contributed by atoms with Gasteiger partial charge in [-0.2, -0.15) is 5.10 Å². The van der Waals surface area contributed by atoms with Crippen LogP contribution in [-0.4, -0.2) is 58.6 Å². The monoisotopic (exact) mass is 686 g/mol. The number of hydrogen-bond acceptors (Lipinski definition) is 7. The molecule has 0 saturated carbocycles. The van der Waals surface area contributed by atoms with Gasteiger partial charge in [-0.3, -0.25) is 9.48 Å². The van der Waals surface area contributed by atoms with Crippen molar-refractivity contribution in [1.29, 1.82) is 0 Å². The van der Waals surface area contributed by atoms with Crippen LogP contribution >= 0.6 is 0 Å². The number of unbranched alkanes of at least 4 members (excludes halogenated alkanes) is 3. The molecule has 11 nitrogen and oxygen atoms in total. The normalized spacial score (nSPS) is 16.6. The topological polar surface area (TPSA) is 166 Å². The molecule has 1 aliphatic rings. The number of carbonyl (C=O) groups excluding carboxylic acids is 1. The van der Waals surface area contributed by atoms with Crippen molar-refractivity contribution in [2.24, 2.45) is 5.92 Å². The van der Waals surface area contributed by atoms with E-state index in [-0.39, 0.29) is 24.2 Å². The van der Waals surface area contributed by atoms with E-state index < -0.39 is 36.0 Å². The van der Waals surface area contributed by atoms with E-state index in [1.165, 1.54) is 17.7 Å². The van der Waals surface area contributed by atoms with Crippen LogP contribution in [0, 0.1) is 11.7 Å². The van der Waals surface area contributed by atoms with Crippen molar-refractivity contribution >= 4 is 23.5 Å². The van der Waals surface area contributed by atoms with Crippen molar-refractivity contribution in [2.75, 3.05) is 4.90 Å². The lowest BCUT2D eigenvalue weighted by atomic mass is 9.78. The summed E-state index contributed by atoms with van der Waals surface area (Å²) in [6.07, 6.45) is 8.44. The van der Waals surface area contributed by atoms with Crippen LogP contribution in [0.1, 0.15) is 85.8 Å². The number of aromatic nitrogens is 3. The number of aryl methyl sites for hydroxylation is 3. The van der Waals surface area contributed by atoms with Crippen LogP contribution in [0.5, 0.6) is 0 Å². The number of carbonyl (C=O) groups is 3. The number of carboxylic acid groups (broad SMARTS) is 2. The number of anilines is 1. The van der Waals surface area contributed by atoms with Crippen molar-refractivity contribution in [3.05, 3.63) is 114 Å². The quantitative estimate of drug-likeness (QED) is 0.0553. The Morgan fingerprint density at radius 1 is 0.840 bits per heavy atom.